The molecule has 0 amide bonds. The summed E-state index contributed by atoms with van der Waals surface area (Å²) in [5, 5.41) is 0. The van der Waals surface area contributed by atoms with Crippen LogP contribution in [0, 0.1) is 5.82 Å². The molecule has 1 fully saturated rings. The molecule has 0 atom stereocenters. The Labute approximate surface area is 135 Å². The van der Waals surface area contributed by atoms with Crippen molar-refractivity contribution in [1.82, 2.24) is 14.9 Å². The molecule has 1 aliphatic heterocycles. The van der Waals surface area contributed by atoms with Crippen LogP contribution in [0.4, 0.5) is 4.39 Å². The first-order chi connectivity index (χ1) is 11.2. The van der Waals surface area contributed by atoms with E-state index in [9.17, 15) is 4.39 Å². The number of nitrogens with zero attached hydrogens (tertiary/aromatic N) is 2. The first kappa shape index (κ1) is 14.4. The van der Waals surface area contributed by atoms with Crippen LogP contribution in [0.15, 0.2) is 42.6 Å². The molecule has 1 saturated heterocycles. The number of aromatic nitrogens is 2. The SMILES string of the molecule is CN1CCC(c2c[nH]c3ccc(-c4ccc(F)cc4)nc23)CC1. The maximum atomic E-state index is 13.1. The van der Waals surface area contributed by atoms with Crippen LogP contribution < -0.4 is 0 Å². The van der Waals surface area contributed by atoms with Crippen molar-refractivity contribution in [1.29, 1.82) is 0 Å². The fraction of sp³-hybridized carbons (Fsp3) is 0.316. The van der Waals surface area contributed by atoms with Gasteiger partial charge >= 0.3 is 0 Å². The number of piperidine rings is 1. The first-order valence-electron chi connectivity index (χ1n) is 8.13. The van der Waals surface area contributed by atoms with Gasteiger partial charge in [0.25, 0.3) is 0 Å². The highest BCUT2D eigenvalue weighted by Gasteiger charge is 2.21. The lowest BCUT2D eigenvalue weighted by Gasteiger charge is -2.28. The van der Waals surface area contributed by atoms with Crippen molar-refractivity contribution in [2.45, 2.75) is 18.8 Å². The van der Waals surface area contributed by atoms with Gasteiger partial charge in [0.2, 0.25) is 0 Å². The van der Waals surface area contributed by atoms with Crippen molar-refractivity contribution in [3.8, 4) is 11.3 Å². The van der Waals surface area contributed by atoms with Crippen LogP contribution in [0.25, 0.3) is 22.3 Å². The molecule has 0 bridgehead atoms. The minimum atomic E-state index is -0.219. The van der Waals surface area contributed by atoms with Crippen molar-refractivity contribution >= 4 is 11.0 Å². The van der Waals surface area contributed by atoms with Gasteiger partial charge in [0.15, 0.2) is 0 Å². The van der Waals surface area contributed by atoms with E-state index in [1.807, 2.05) is 6.07 Å². The van der Waals surface area contributed by atoms with E-state index in [2.05, 4.69) is 29.2 Å². The van der Waals surface area contributed by atoms with Crippen molar-refractivity contribution in [2.75, 3.05) is 20.1 Å². The highest BCUT2D eigenvalue weighted by molar-refractivity contribution is 5.82. The number of rotatable bonds is 2. The number of H-pyrrole nitrogens is 1. The second kappa shape index (κ2) is 5.78. The van der Waals surface area contributed by atoms with Crippen LogP contribution in [0.3, 0.4) is 0 Å². The molecule has 0 radical (unpaired) electrons. The molecule has 0 spiro atoms. The van der Waals surface area contributed by atoms with E-state index in [1.54, 1.807) is 12.1 Å². The van der Waals surface area contributed by atoms with Gasteiger partial charge in [-0.3, -0.25) is 0 Å². The number of hydrogen-bond donors (Lipinski definition) is 1. The number of fused-ring (bicyclic) bond motifs is 1. The van der Waals surface area contributed by atoms with Crippen LogP contribution >= 0.6 is 0 Å². The van der Waals surface area contributed by atoms with Crippen LogP contribution in [0.5, 0.6) is 0 Å². The van der Waals surface area contributed by atoms with Gasteiger partial charge in [0.1, 0.15) is 5.82 Å². The highest BCUT2D eigenvalue weighted by Crippen LogP contribution is 2.33. The lowest BCUT2D eigenvalue weighted by atomic mass is 9.90. The minimum absolute atomic E-state index is 0.219. The zero-order valence-corrected chi connectivity index (χ0v) is 13.2. The average molecular weight is 309 g/mol. The molecule has 3 heterocycles. The average Bonchev–Trinajstić information content (AvgIpc) is 2.99. The van der Waals surface area contributed by atoms with E-state index in [0.717, 1.165) is 35.4 Å². The molecule has 2 aromatic heterocycles. The third-order valence-corrected chi connectivity index (χ3v) is 4.85. The summed E-state index contributed by atoms with van der Waals surface area (Å²) >= 11 is 0. The quantitative estimate of drug-likeness (QED) is 0.770. The van der Waals surface area contributed by atoms with Gasteiger partial charge in [-0.2, -0.15) is 0 Å². The molecule has 1 aromatic carbocycles. The fourth-order valence-electron chi connectivity index (χ4n) is 3.43. The van der Waals surface area contributed by atoms with Gasteiger partial charge in [0.05, 0.1) is 16.7 Å². The van der Waals surface area contributed by atoms with Gasteiger partial charge < -0.3 is 9.88 Å². The summed E-state index contributed by atoms with van der Waals surface area (Å²) < 4.78 is 13.1. The highest BCUT2D eigenvalue weighted by atomic mass is 19.1. The number of aromatic amines is 1. The molecular weight excluding hydrogens is 289 g/mol. The summed E-state index contributed by atoms with van der Waals surface area (Å²) in [6, 6.07) is 10.6. The summed E-state index contributed by atoms with van der Waals surface area (Å²) in [4.78, 5) is 10.6. The molecule has 118 valence electrons. The van der Waals surface area contributed by atoms with Crippen LogP contribution in [0.1, 0.15) is 24.3 Å². The second-order valence-corrected chi connectivity index (χ2v) is 6.42. The number of halogens is 1. The second-order valence-electron chi connectivity index (χ2n) is 6.42. The molecule has 23 heavy (non-hydrogen) atoms. The molecule has 4 rings (SSSR count). The van der Waals surface area contributed by atoms with Gasteiger partial charge in [0, 0.05) is 11.8 Å². The smallest absolute Gasteiger partial charge is 0.123 e. The number of likely N-dealkylation sites (tertiary alicyclic amines) is 1. The van der Waals surface area contributed by atoms with E-state index in [-0.39, 0.29) is 5.82 Å². The predicted octanol–water partition coefficient (Wildman–Crippen LogP) is 4.18. The minimum Gasteiger partial charge on any atom is -0.360 e. The zero-order valence-electron chi connectivity index (χ0n) is 13.2. The van der Waals surface area contributed by atoms with E-state index in [1.165, 1.54) is 30.5 Å². The molecule has 3 aromatic rings. The Morgan fingerprint density at radius 1 is 1.09 bits per heavy atom. The summed E-state index contributed by atoms with van der Waals surface area (Å²) in [5.74, 6) is 0.347. The Morgan fingerprint density at radius 3 is 2.57 bits per heavy atom. The maximum absolute atomic E-state index is 13.1. The third kappa shape index (κ3) is 2.75. The Balaban J connectivity index is 1.72. The lowest BCUT2D eigenvalue weighted by Crippen LogP contribution is -2.29. The van der Waals surface area contributed by atoms with Crippen molar-refractivity contribution in [3.05, 3.63) is 54.0 Å². The molecule has 1 aliphatic rings. The first-order valence-corrected chi connectivity index (χ1v) is 8.13. The summed E-state index contributed by atoms with van der Waals surface area (Å²) in [5.41, 5.74) is 5.29. The van der Waals surface area contributed by atoms with Gasteiger partial charge in [-0.05, 0) is 80.9 Å². The van der Waals surface area contributed by atoms with E-state index < -0.39 is 0 Å². The summed E-state index contributed by atoms with van der Waals surface area (Å²) in [6.45, 7) is 2.27. The summed E-state index contributed by atoms with van der Waals surface area (Å²) in [7, 11) is 2.18. The molecule has 0 saturated carbocycles. The predicted molar refractivity (Wildman–Crippen MR) is 91.0 cm³/mol. The maximum Gasteiger partial charge on any atom is 0.123 e. The largest absolute Gasteiger partial charge is 0.360 e. The lowest BCUT2D eigenvalue weighted by molar-refractivity contribution is 0.256. The van der Waals surface area contributed by atoms with Crippen molar-refractivity contribution < 1.29 is 4.39 Å². The molecule has 0 unspecified atom stereocenters. The molecular formula is C19H20FN3. The van der Waals surface area contributed by atoms with E-state index in [4.69, 9.17) is 4.98 Å². The molecule has 3 nitrogen and oxygen atoms in total. The van der Waals surface area contributed by atoms with Crippen molar-refractivity contribution in [2.24, 2.45) is 0 Å². The Hall–Kier alpha value is -2.20. The summed E-state index contributed by atoms with van der Waals surface area (Å²) in [6.07, 6.45) is 4.46. The number of benzene rings is 1. The number of nitrogens with one attached hydrogen (secondary N) is 1. The van der Waals surface area contributed by atoms with E-state index in [0.29, 0.717) is 5.92 Å². The third-order valence-electron chi connectivity index (χ3n) is 4.85. The van der Waals surface area contributed by atoms with Gasteiger partial charge in [-0.1, -0.05) is 0 Å². The Bertz CT molecular complexity index is 814. The molecule has 0 aliphatic carbocycles. The normalized spacial score (nSPS) is 17.0. The standard InChI is InChI=1S/C19H20FN3/c1-23-10-8-13(9-11-23)16-12-21-18-7-6-17(22-19(16)18)14-2-4-15(20)5-3-14/h2-7,12-13,21H,8-11H2,1H3. The van der Waals surface area contributed by atoms with E-state index >= 15 is 0 Å². The van der Waals surface area contributed by atoms with Gasteiger partial charge in [-0.25, -0.2) is 9.37 Å². The molecule has 4 heteroatoms. The van der Waals surface area contributed by atoms with Crippen molar-refractivity contribution in [3.63, 3.8) is 0 Å². The Morgan fingerprint density at radius 2 is 1.83 bits per heavy atom. The number of pyridine rings is 1. The van der Waals surface area contributed by atoms with Gasteiger partial charge in [-0.15, -0.1) is 0 Å². The van der Waals surface area contributed by atoms with Crippen LogP contribution in [-0.4, -0.2) is 35.0 Å². The zero-order chi connectivity index (χ0) is 15.8. The van der Waals surface area contributed by atoms with Crippen LogP contribution in [-0.2, 0) is 0 Å². The monoisotopic (exact) mass is 309 g/mol. The Kier molecular flexibility index (Phi) is 3.62. The number of hydrogen-bond acceptors (Lipinski definition) is 2. The fourth-order valence-corrected chi connectivity index (χ4v) is 3.43. The molecule has 1 N–H and O–H groups in total. The van der Waals surface area contributed by atoms with Crippen LogP contribution in [0.2, 0.25) is 0 Å². The topological polar surface area (TPSA) is 31.9 Å².